The van der Waals surface area contributed by atoms with E-state index in [1.54, 1.807) is 24.0 Å². The minimum atomic E-state index is -0.923. The van der Waals surface area contributed by atoms with Crippen LogP contribution in [-0.2, 0) is 4.74 Å². The van der Waals surface area contributed by atoms with E-state index in [2.05, 4.69) is 4.98 Å². The van der Waals surface area contributed by atoms with Crippen LogP contribution in [0.2, 0.25) is 0 Å². The summed E-state index contributed by atoms with van der Waals surface area (Å²) in [6.07, 6.45) is -0.0395. The molecule has 0 aliphatic carbocycles. The van der Waals surface area contributed by atoms with Gasteiger partial charge in [-0.2, -0.15) is 0 Å². The quantitative estimate of drug-likeness (QED) is 0.761. The Kier molecular flexibility index (Phi) is 5.07. The average Bonchev–Trinajstić information content (AvgIpc) is 2.27. The second-order valence-electron chi connectivity index (χ2n) is 2.96. The topological polar surface area (TPSA) is 85.4 Å². The van der Waals surface area contributed by atoms with Crippen LogP contribution in [0.5, 0.6) is 0 Å². The van der Waals surface area contributed by atoms with Crippen molar-refractivity contribution >= 4 is 17.9 Å². The van der Waals surface area contributed by atoms with Gasteiger partial charge in [0, 0.05) is 11.1 Å². The van der Waals surface area contributed by atoms with Crippen LogP contribution < -0.4 is 5.73 Å². The third-order valence-electron chi connectivity index (χ3n) is 1.82. The predicted octanol–water partition coefficient (Wildman–Crippen LogP) is 1.32. The van der Waals surface area contributed by atoms with Crippen LogP contribution in [0.25, 0.3) is 0 Å². The highest BCUT2D eigenvalue weighted by molar-refractivity contribution is 7.99. The van der Waals surface area contributed by atoms with Crippen LogP contribution in [0.1, 0.15) is 18.7 Å². The molecule has 1 heterocycles. The highest BCUT2D eigenvalue weighted by Crippen LogP contribution is 2.20. The Balaban J connectivity index is 2.73. The lowest BCUT2D eigenvalue weighted by Crippen LogP contribution is -2.20. The number of rotatable bonds is 5. The molecule has 0 spiro atoms. The lowest BCUT2D eigenvalue weighted by Gasteiger charge is -2.13. The number of carbonyl (C=O) groups is 1. The molecule has 1 atom stereocenters. The number of pyridine rings is 1. The van der Waals surface area contributed by atoms with E-state index in [0.717, 1.165) is 10.6 Å². The Bertz CT molecular complexity index is 342. The Morgan fingerprint density at radius 2 is 2.44 bits per heavy atom. The zero-order valence-electron chi connectivity index (χ0n) is 8.92. The Morgan fingerprint density at radius 3 is 2.88 bits per heavy atom. The molecule has 0 saturated carbocycles. The first-order chi connectivity index (χ1) is 7.67. The van der Waals surface area contributed by atoms with Crippen molar-refractivity contribution in [1.82, 2.24) is 4.98 Å². The molecule has 88 valence electrons. The van der Waals surface area contributed by atoms with Gasteiger partial charge in [-0.25, -0.2) is 4.79 Å². The molecule has 1 amide bonds. The number of ether oxygens (including phenoxy) is 1. The van der Waals surface area contributed by atoms with Crippen molar-refractivity contribution in [3.63, 3.8) is 0 Å². The average molecular weight is 242 g/mol. The molecular formula is C10H14N2O3S. The Hall–Kier alpha value is -1.27. The molecule has 0 bridgehead atoms. The van der Waals surface area contributed by atoms with Crippen molar-refractivity contribution in [1.29, 1.82) is 0 Å². The molecule has 1 unspecified atom stereocenters. The summed E-state index contributed by atoms with van der Waals surface area (Å²) < 4.78 is 4.70. The largest absolute Gasteiger partial charge is 0.437 e. The molecule has 0 aromatic carbocycles. The van der Waals surface area contributed by atoms with Crippen LogP contribution in [-0.4, -0.2) is 28.5 Å². The first kappa shape index (κ1) is 12.8. The third kappa shape index (κ3) is 3.71. The fraction of sp³-hybridized carbons (Fsp3) is 0.400. The molecule has 0 fully saturated rings. The molecule has 3 N–H and O–H groups in total. The fourth-order valence-electron chi connectivity index (χ4n) is 1.17. The molecule has 16 heavy (non-hydrogen) atoms. The lowest BCUT2D eigenvalue weighted by atomic mass is 10.2. The van der Waals surface area contributed by atoms with Crippen molar-refractivity contribution in [2.45, 2.75) is 17.9 Å². The molecule has 0 saturated heterocycles. The number of hydrogen-bond acceptors (Lipinski definition) is 5. The van der Waals surface area contributed by atoms with Gasteiger partial charge in [-0.15, -0.1) is 11.8 Å². The minimum Gasteiger partial charge on any atom is -0.437 e. The van der Waals surface area contributed by atoms with Gasteiger partial charge in [0.1, 0.15) is 0 Å². The van der Waals surface area contributed by atoms with Gasteiger partial charge in [-0.1, -0.05) is 6.92 Å². The summed E-state index contributed by atoms with van der Waals surface area (Å²) in [5.74, 6) is 0.961. The summed E-state index contributed by atoms with van der Waals surface area (Å²) in [6.45, 7) is 1.71. The molecule has 1 rings (SSSR count). The van der Waals surface area contributed by atoms with E-state index in [1.807, 2.05) is 13.0 Å². The highest BCUT2D eigenvalue weighted by Gasteiger charge is 2.15. The molecule has 5 nitrogen and oxygen atoms in total. The Labute approximate surface area is 98.0 Å². The zero-order valence-corrected chi connectivity index (χ0v) is 9.74. The van der Waals surface area contributed by atoms with Crippen LogP contribution in [0.15, 0.2) is 23.2 Å². The number of aliphatic hydroxyl groups excluding tert-OH is 1. The fourth-order valence-corrected chi connectivity index (χ4v) is 1.79. The summed E-state index contributed by atoms with van der Waals surface area (Å²) in [7, 11) is 0. The summed E-state index contributed by atoms with van der Waals surface area (Å²) in [6, 6.07) is 3.57. The van der Waals surface area contributed by atoms with E-state index >= 15 is 0 Å². The van der Waals surface area contributed by atoms with Crippen molar-refractivity contribution in [3.8, 4) is 0 Å². The third-order valence-corrected chi connectivity index (χ3v) is 2.69. The first-order valence-corrected chi connectivity index (χ1v) is 5.81. The standard InChI is InChI=1S/C10H14N2O3S/c1-2-16-7-3-4-8(12-5-7)9(6-13)15-10(11)14/h3-5,9,13H,2,6H2,1H3,(H2,11,14). The zero-order chi connectivity index (χ0) is 12.0. The van der Waals surface area contributed by atoms with Gasteiger partial charge in [0.2, 0.25) is 0 Å². The number of nitrogens with two attached hydrogens (primary N) is 1. The maximum atomic E-state index is 10.6. The summed E-state index contributed by atoms with van der Waals surface area (Å²) >= 11 is 1.66. The van der Waals surface area contributed by atoms with Gasteiger partial charge in [0.25, 0.3) is 0 Å². The molecule has 0 radical (unpaired) electrons. The maximum Gasteiger partial charge on any atom is 0.405 e. The van der Waals surface area contributed by atoms with Crippen LogP contribution in [0.3, 0.4) is 0 Å². The SMILES string of the molecule is CCSc1ccc(C(CO)OC(N)=O)nc1. The highest BCUT2D eigenvalue weighted by atomic mass is 32.2. The first-order valence-electron chi connectivity index (χ1n) is 4.83. The number of aromatic nitrogens is 1. The molecule has 0 aliphatic rings. The van der Waals surface area contributed by atoms with Crippen molar-refractivity contribution in [3.05, 3.63) is 24.0 Å². The van der Waals surface area contributed by atoms with Crippen LogP contribution in [0.4, 0.5) is 4.79 Å². The van der Waals surface area contributed by atoms with Gasteiger partial charge in [0.15, 0.2) is 6.10 Å². The van der Waals surface area contributed by atoms with Gasteiger partial charge in [-0.05, 0) is 17.9 Å². The number of aliphatic hydroxyl groups is 1. The smallest absolute Gasteiger partial charge is 0.405 e. The van der Waals surface area contributed by atoms with Gasteiger partial charge in [0.05, 0.1) is 12.3 Å². The van der Waals surface area contributed by atoms with Gasteiger partial charge >= 0.3 is 6.09 Å². The molecule has 1 aromatic rings. The van der Waals surface area contributed by atoms with Crippen molar-refractivity contribution in [2.24, 2.45) is 5.73 Å². The van der Waals surface area contributed by atoms with Gasteiger partial charge in [-0.3, -0.25) is 4.98 Å². The molecule has 0 aliphatic heterocycles. The van der Waals surface area contributed by atoms with Crippen molar-refractivity contribution in [2.75, 3.05) is 12.4 Å². The van der Waals surface area contributed by atoms with E-state index in [-0.39, 0.29) is 6.61 Å². The van der Waals surface area contributed by atoms with Crippen LogP contribution in [0, 0.1) is 0 Å². The predicted molar refractivity (Wildman–Crippen MR) is 61.1 cm³/mol. The van der Waals surface area contributed by atoms with Gasteiger partial charge < -0.3 is 15.6 Å². The number of nitrogens with zero attached hydrogens (tertiary/aromatic N) is 1. The normalized spacial score (nSPS) is 12.1. The monoisotopic (exact) mass is 242 g/mol. The van der Waals surface area contributed by atoms with E-state index < -0.39 is 12.2 Å². The number of amides is 1. The summed E-state index contributed by atoms with van der Waals surface area (Å²) in [5, 5.41) is 9.02. The van der Waals surface area contributed by atoms with E-state index in [9.17, 15) is 4.79 Å². The van der Waals surface area contributed by atoms with Crippen LogP contribution >= 0.6 is 11.8 Å². The maximum absolute atomic E-state index is 10.6. The lowest BCUT2D eigenvalue weighted by molar-refractivity contribution is 0.0607. The molecular weight excluding hydrogens is 228 g/mol. The number of primary amides is 1. The molecule has 1 aromatic heterocycles. The summed E-state index contributed by atoms with van der Waals surface area (Å²) in [5.41, 5.74) is 5.37. The van der Waals surface area contributed by atoms with E-state index in [0.29, 0.717) is 5.69 Å². The number of hydrogen-bond donors (Lipinski definition) is 2. The second-order valence-corrected chi connectivity index (χ2v) is 4.30. The summed E-state index contributed by atoms with van der Waals surface area (Å²) in [4.78, 5) is 15.7. The van der Waals surface area contributed by atoms with Crippen molar-refractivity contribution < 1.29 is 14.6 Å². The number of carbonyl (C=O) groups excluding carboxylic acids is 1. The van der Waals surface area contributed by atoms with E-state index in [4.69, 9.17) is 15.6 Å². The minimum absolute atomic E-state index is 0.337. The Morgan fingerprint density at radius 1 is 1.69 bits per heavy atom. The van der Waals surface area contributed by atoms with E-state index in [1.165, 1.54) is 0 Å². The molecule has 6 heteroatoms. The number of thioether (sulfide) groups is 1. The second kappa shape index (κ2) is 6.34.